The van der Waals surface area contributed by atoms with Crippen molar-refractivity contribution in [2.45, 2.75) is 39.2 Å². The second kappa shape index (κ2) is 7.66. The molecule has 0 amide bonds. The molecule has 0 radical (unpaired) electrons. The van der Waals surface area contributed by atoms with E-state index in [2.05, 4.69) is 54.4 Å². The van der Waals surface area contributed by atoms with Gasteiger partial charge in [0, 0.05) is 6.04 Å². The molecule has 1 fully saturated rings. The average Bonchev–Trinajstić information content (AvgIpc) is 2.48. The zero-order valence-corrected chi connectivity index (χ0v) is 12.4. The summed E-state index contributed by atoms with van der Waals surface area (Å²) in [5.41, 5.74) is 1.43. The largest absolute Gasteiger partial charge is 0.314 e. The molecule has 106 valence electrons. The van der Waals surface area contributed by atoms with Crippen LogP contribution in [0.1, 0.15) is 32.3 Å². The summed E-state index contributed by atoms with van der Waals surface area (Å²) in [6.07, 6.45) is 3.85. The van der Waals surface area contributed by atoms with E-state index in [0.29, 0.717) is 6.04 Å². The van der Waals surface area contributed by atoms with E-state index in [4.69, 9.17) is 0 Å². The van der Waals surface area contributed by atoms with Crippen molar-refractivity contribution in [2.24, 2.45) is 5.92 Å². The molecule has 2 rings (SSSR count). The molecule has 1 aromatic rings. The monoisotopic (exact) mass is 260 g/mol. The number of hydrogen-bond acceptors (Lipinski definition) is 2. The summed E-state index contributed by atoms with van der Waals surface area (Å²) in [4.78, 5) is 2.56. The van der Waals surface area contributed by atoms with E-state index in [0.717, 1.165) is 18.9 Å². The van der Waals surface area contributed by atoms with Crippen LogP contribution < -0.4 is 5.32 Å². The normalized spacial score (nSPS) is 19.5. The van der Waals surface area contributed by atoms with Crippen LogP contribution in [0.3, 0.4) is 0 Å². The maximum Gasteiger partial charge on any atom is 0.00680 e. The van der Waals surface area contributed by atoms with E-state index in [-0.39, 0.29) is 0 Å². The maximum atomic E-state index is 3.72. The van der Waals surface area contributed by atoms with E-state index < -0.39 is 0 Å². The molecule has 19 heavy (non-hydrogen) atoms. The lowest BCUT2D eigenvalue weighted by Gasteiger charge is -2.34. The van der Waals surface area contributed by atoms with Crippen molar-refractivity contribution in [2.75, 3.05) is 26.2 Å². The number of nitrogens with zero attached hydrogens (tertiary/aromatic N) is 1. The Labute approximate surface area is 118 Å². The van der Waals surface area contributed by atoms with Crippen LogP contribution in [0, 0.1) is 5.92 Å². The summed E-state index contributed by atoms with van der Waals surface area (Å²) >= 11 is 0. The molecule has 0 aromatic heterocycles. The quantitative estimate of drug-likeness (QED) is 0.846. The Balaban J connectivity index is 1.66. The summed E-state index contributed by atoms with van der Waals surface area (Å²) in [6, 6.07) is 11.4. The van der Waals surface area contributed by atoms with E-state index in [1.807, 2.05) is 0 Å². The molecule has 1 aliphatic rings. The van der Waals surface area contributed by atoms with Crippen LogP contribution in [0.15, 0.2) is 30.3 Å². The molecule has 2 nitrogen and oxygen atoms in total. The number of piperidine rings is 1. The highest BCUT2D eigenvalue weighted by molar-refractivity contribution is 5.14. The third kappa shape index (κ3) is 4.63. The van der Waals surface area contributed by atoms with Crippen molar-refractivity contribution < 1.29 is 0 Å². The van der Waals surface area contributed by atoms with Gasteiger partial charge in [-0.3, -0.25) is 0 Å². The van der Waals surface area contributed by atoms with Crippen LogP contribution in [0.2, 0.25) is 0 Å². The topological polar surface area (TPSA) is 15.3 Å². The lowest BCUT2D eigenvalue weighted by molar-refractivity contribution is 0.169. The first-order chi connectivity index (χ1) is 9.29. The number of rotatable bonds is 6. The molecule has 1 aromatic carbocycles. The van der Waals surface area contributed by atoms with Gasteiger partial charge in [0.05, 0.1) is 0 Å². The van der Waals surface area contributed by atoms with Gasteiger partial charge in [-0.2, -0.15) is 0 Å². The third-order valence-corrected chi connectivity index (χ3v) is 4.51. The number of hydrogen-bond donors (Lipinski definition) is 1. The van der Waals surface area contributed by atoms with Gasteiger partial charge < -0.3 is 10.2 Å². The van der Waals surface area contributed by atoms with E-state index in [1.165, 1.54) is 38.0 Å². The van der Waals surface area contributed by atoms with Crippen LogP contribution in [0.5, 0.6) is 0 Å². The molecule has 2 heteroatoms. The van der Waals surface area contributed by atoms with E-state index in [9.17, 15) is 0 Å². The minimum atomic E-state index is 0.655. The molecule has 1 heterocycles. The van der Waals surface area contributed by atoms with Crippen LogP contribution in [-0.2, 0) is 6.42 Å². The molecule has 1 N–H and O–H groups in total. The predicted octanol–water partition coefficient (Wildman–Crippen LogP) is 2.94. The van der Waals surface area contributed by atoms with Gasteiger partial charge in [-0.1, -0.05) is 37.3 Å². The standard InChI is InChI=1S/C17H28N2/c1-3-19-13-10-17(11-14-19)15(2)18-12-9-16-7-5-4-6-8-16/h4-8,15,17-18H,3,9-14H2,1-2H3. The molecular formula is C17H28N2. The Hall–Kier alpha value is -0.860. The Morgan fingerprint density at radius 3 is 2.53 bits per heavy atom. The van der Waals surface area contributed by atoms with Crippen molar-refractivity contribution in [1.29, 1.82) is 0 Å². The molecule has 0 bridgehead atoms. The molecule has 0 aliphatic carbocycles. The van der Waals surface area contributed by atoms with Crippen LogP contribution in [0.25, 0.3) is 0 Å². The van der Waals surface area contributed by atoms with Crippen molar-refractivity contribution >= 4 is 0 Å². The molecular weight excluding hydrogens is 232 g/mol. The third-order valence-electron chi connectivity index (χ3n) is 4.51. The Morgan fingerprint density at radius 2 is 1.89 bits per heavy atom. The zero-order valence-electron chi connectivity index (χ0n) is 12.4. The van der Waals surface area contributed by atoms with Crippen molar-refractivity contribution in [1.82, 2.24) is 10.2 Å². The van der Waals surface area contributed by atoms with Gasteiger partial charge in [0.2, 0.25) is 0 Å². The summed E-state index contributed by atoms with van der Waals surface area (Å²) in [5, 5.41) is 3.72. The van der Waals surface area contributed by atoms with Gasteiger partial charge >= 0.3 is 0 Å². The Morgan fingerprint density at radius 1 is 1.21 bits per heavy atom. The summed E-state index contributed by atoms with van der Waals surface area (Å²) in [5.74, 6) is 0.860. The average molecular weight is 260 g/mol. The molecule has 0 saturated carbocycles. The number of nitrogens with one attached hydrogen (secondary N) is 1. The highest BCUT2D eigenvalue weighted by Crippen LogP contribution is 2.20. The van der Waals surface area contributed by atoms with Crippen LogP contribution in [-0.4, -0.2) is 37.1 Å². The molecule has 1 atom stereocenters. The first-order valence-electron chi connectivity index (χ1n) is 7.79. The highest BCUT2D eigenvalue weighted by Gasteiger charge is 2.22. The SMILES string of the molecule is CCN1CCC(C(C)NCCc2ccccc2)CC1. The Bertz CT molecular complexity index is 342. The van der Waals surface area contributed by atoms with Crippen LogP contribution in [0.4, 0.5) is 0 Å². The fraction of sp³-hybridized carbons (Fsp3) is 0.647. The van der Waals surface area contributed by atoms with Gasteiger partial charge in [-0.25, -0.2) is 0 Å². The second-order valence-corrected chi connectivity index (χ2v) is 5.75. The minimum absolute atomic E-state index is 0.655. The molecule has 1 aliphatic heterocycles. The molecule has 1 saturated heterocycles. The lowest BCUT2D eigenvalue weighted by atomic mass is 9.90. The minimum Gasteiger partial charge on any atom is -0.314 e. The van der Waals surface area contributed by atoms with Gasteiger partial charge in [-0.05, 0) is 63.8 Å². The van der Waals surface area contributed by atoms with Crippen molar-refractivity contribution in [3.8, 4) is 0 Å². The molecule has 0 spiro atoms. The van der Waals surface area contributed by atoms with Crippen LogP contribution >= 0.6 is 0 Å². The molecule has 1 unspecified atom stereocenters. The second-order valence-electron chi connectivity index (χ2n) is 5.75. The van der Waals surface area contributed by atoms with Crippen molar-refractivity contribution in [3.05, 3.63) is 35.9 Å². The lowest BCUT2D eigenvalue weighted by Crippen LogP contribution is -2.42. The highest BCUT2D eigenvalue weighted by atomic mass is 15.1. The summed E-state index contributed by atoms with van der Waals surface area (Å²) in [6.45, 7) is 9.50. The first-order valence-corrected chi connectivity index (χ1v) is 7.79. The van der Waals surface area contributed by atoms with E-state index >= 15 is 0 Å². The van der Waals surface area contributed by atoms with E-state index in [1.54, 1.807) is 0 Å². The predicted molar refractivity (Wildman–Crippen MR) is 82.4 cm³/mol. The first kappa shape index (κ1) is 14.5. The smallest absolute Gasteiger partial charge is 0.00680 e. The van der Waals surface area contributed by atoms with Gasteiger partial charge in [-0.15, -0.1) is 0 Å². The van der Waals surface area contributed by atoms with Gasteiger partial charge in [0.1, 0.15) is 0 Å². The number of benzene rings is 1. The van der Waals surface area contributed by atoms with Gasteiger partial charge in [0.25, 0.3) is 0 Å². The fourth-order valence-corrected chi connectivity index (χ4v) is 3.02. The van der Waals surface area contributed by atoms with Crippen molar-refractivity contribution in [3.63, 3.8) is 0 Å². The fourth-order valence-electron chi connectivity index (χ4n) is 3.02. The summed E-state index contributed by atoms with van der Waals surface area (Å²) < 4.78 is 0. The maximum absolute atomic E-state index is 3.72. The zero-order chi connectivity index (χ0) is 13.5. The summed E-state index contributed by atoms with van der Waals surface area (Å²) in [7, 11) is 0. The Kier molecular flexibility index (Phi) is 5.87. The number of likely N-dealkylation sites (tertiary alicyclic amines) is 1. The van der Waals surface area contributed by atoms with Gasteiger partial charge in [0.15, 0.2) is 0 Å².